The smallest absolute Gasteiger partial charge is 0.319 e. The van der Waals surface area contributed by atoms with Crippen molar-refractivity contribution >= 4 is 29.1 Å². The van der Waals surface area contributed by atoms with Crippen LogP contribution < -0.4 is 10.6 Å². The van der Waals surface area contributed by atoms with E-state index in [9.17, 15) is 9.59 Å². The van der Waals surface area contributed by atoms with Gasteiger partial charge in [0.1, 0.15) is 6.04 Å². The van der Waals surface area contributed by atoms with Crippen molar-refractivity contribution in [1.82, 2.24) is 15.5 Å². The molecule has 29 heavy (non-hydrogen) atoms. The summed E-state index contributed by atoms with van der Waals surface area (Å²) in [6.07, 6.45) is 0. The molecule has 2 aromatic carbocycles. The predicted octanol–water partition coefficient (Wildman–Crippen LogP) is 4.49. The first-order valence-corrected chi connectivity index (χ1v) is 9.95. The van der Waals surface area contributed by atoms with Crippen LogP contribution in [-0.2, 0) is 10.3 Å². The number of hydrogen-bond donors (Lipinski definition) is 2. The third kappa shape index (κ3) is 4.62. The molecule has 0 bridgehead atoms. The van der Waals surface area contributed by atoms with E-state index in [1.807, 2.05) is 51.1 Å². The van der Waals surface area contributed by atoms with E-state index in [1.165, 1.54) is 0 Å². The summed E-state index contributed by atoms with van der Waals surface area (Å²) < 4.78 is 0. The SMILES string of the molecule is C=C(C)c1cccc(C(C)(C)NC(=O)N2CCNC(=O)C2c2cccc(Cl)c2)c1. The van der Waals surface area contributed by atoms with Crippen molar-refractivity contribution in [3.63, 3.8) is 0 Å². The topological polar surface area (TPSA) is 61.4 Å². The van der Waals surface area contributed by atoms with Crippen molar-refractivity contribution in [1.29, 1.82) is 0 Å². The molecule has 0 aromatic heterocycles. The standard InChI is InChI=1S/C23H26ClN3O2/c1-15(2)16-7-5-9-18(13-16)23(3,4)26-22(29)27-12-11-25-21(28)20(27)17-8-6-10-19(24)14-17/h5-10,13-14,20H,1,11-12H2,2-4H3,(H,25,28)(H,26,29). The van der Waals surface area contributed by atoms with Crippen LogP contribution >= 0.6 is 11.6 Å². The zero-order chi connectivity index (χ0) is 21.2. The maximum atomic E-state index is 13.2. The molecule has 1 atom stereocenters. The van der Waals surface area contributed by atoms with Gasteiger partial charge in [0.25, 0.3) is 0 Å². The van der Waals surface area contributed by atoms with Crippen molar-refractivity contribution in [3.05, 3.63) is 76.8 Å². The predicted molar refractivity (Wildman–Crippen MR) is 117 cm³/mol. The molecule has 2 N–H and O–H groups in total. The number of hydrogen-bond acceptors (Lipinski definition) is 2. The van der Waals surface area contributed by atoms with E-state index in [2.05, 4.69) is 17.2 Å². The summed E-state index contributed by atoms with van der Waals surface area (Å²) in [6.45, 7) is 10.7. The second-order valence-corrected chi connectivity index (χ2v) is 8.29. The fourth-order valence-corrected chi connectivity index (χ4v) is 3.68. The van der Waals surface area contributed by atoms with Crippen LogP contribution in [0.2, 0.25) is 5.02 Å². The number of nitrogens with zero attached hydrogens (tertiary/aromatic N) is 1. The Kier molecular flexibility index (Phi) is 5.99. The number of carbonyl (C=O) groups excluding carboxylic acids is 2. The summed E-state index contributed by atoms with van der Waals surface area (Å²) in [6, 6.07) is 14.0. The number of amides is 3. The van der Waals surface area contributed by atoms with Crippen molar-refractivity contribution in [2.45, 2.75) is 32.4 Å². The number of carbonyl (C=O) groups is 2. The van der Waals surface area contributed by atoms with Crippen molar-refractivity contribution in [2.24, 2.45) is 0 Å². The number of rotatable bonds is 4. The maximum Gasteiger partial charge on any atom is 0.319 e. The van der Waals surface area contributed by atoms with Crippen molar-refractivity contribution in [2.75, 3.05) is 13.1 Å². The van der Waals surface area contributed by atoms with Crippen molar-refractivity contribution in [3.8, 4) is 0 Å². The van der Waals surface area contributed by atoms with E-state index in [0.29, 0.717) is 23.7 Å². The zero-order valence-corrected chi connectivity index (χ0v) is 17.7. The molecule has 1 aliphatic rings. The van der Waals surface area contributed by atoms with Crippen LogP contribution in [0.1, 0.15) is 43.5 Å². The number of nitrogens with one attached hydrogen (secondary N) is 2. The summed E-state index contributed by atoms with van der Waals surface area (Å²) in [5.41, 5.74) is 3.01. The van der Waals surface area contributed by atoms with Gasteiger partial charge in [-0.2, -0.15) is 0 Å². The minimum atomic E-state index is -0.722. The maximum absolute atomic E-state index is 13.2. The summed E-state index contributed by atoms with van der Waals surface area (Å²) in [5, 5.41) is 6.45. The van der Waals surface area contributed by atoms with Gasteiger partial charge in [-0.15, -0.1) is 0 Å². The first kappa shape index (κ1) is 20.9. The van der Waals surface area contributed by atoms with Crippen LogP contribution in [0.5, 0.6) is 0 Å². The Balaban J connectivity index is 1.86. The zero-order valence-electron chi connectivity index (χ0n) is 17.0. The minimum Gasteiger partial charge on any atom is -0.352 e. The van der Waals surface area contributed by atoms with E-state index in [1.54, 1.807) is 23.1 Å². The van der Waals surface area contributed by atoms with Gasteiger partial charge < -0.3 is 15.5 Å². The largest absolute Gasteiger partial charge is 0.352 e. The van der Waals surface area contributed by atoms with Gasteiger partial charge >= 0.3 is 6.03 Å². The Hall–Kier alpha value is -2.79. The molecule has 0 aliphatic carbocycles. The average Bonchev–Trinajstić information content (AvgIpc) is 2.67. The average molecular weight is 412 g/mol. The summed E-state index contributed by atoms with van der Waals surface area (Å²) >= 11 is 6.11. The van der Waals surface area contributed by atoms with Crippen LogP contribution in [0.25, 0.3) is 5.57 Å². The molecule has 1 saturated heterocycles. The number of benzene rings is 2. The van der Waals surface area contributed by atoms with Gasteiger partial charge in [0, 0.05) is 18.1 Å². The summed E-state index contributed by atoms with van der Waals surface area (Å²) in [5.74, 6) is -0.212. The van der Waals surface area contributed by atoms with Crippen LogP contribution in [-0.4, -0.2) is 29.9 Å². The molecule has 1 fully saturated rings. The molecule has 0 radical (unpaired) electrons. The molecule has 6 heteroatoms. The highest BCUT2D eigenvalue weighted by Crippen LogP contribution is 2.28. The molecule has 5 nitrogen and oxygen atoms in total. The molecule has 1 heterocycles. The molecule has 2 aromatic rings. The molecular formula is C23H26ClN3O2. The first-order valence-electron chi connectivity index (χ1n) is 9.57. The van der Waals surface area contributed by atoms with Crippen molar-refractivity contribution < 1.29 is 9.59 Å². The van der Waals surface area contributed by atoms with Crippen LogP contribution in [0.15, 0.2) is 55.1 Å². The molecule has 3 rings (SSSR count). The highest BCUT2D eigenvalue weighted by molar-refractivity contribution is 6.30. The van der Waals surface area contributed by atoms with E-state index in [4.69, 9.17) is 11.6 Å². The van der Waals surface area contributed by atoms with Crippen LogP contribution in [0.3, 0.4) is 0 Å². The number of urea groups is 1. The quantitative estimate of drug-likeness (QED) is 0.778. The lowest BCUT2D eigenvalue weighted by molar-refractivity contribution is -0.127. The van der Waals surface area contributed by atoms with Gasteiger partial charge in [0.2, 0.25) is 5.91 Å². The number of allylic oxidation sites excluding steroid dienone is 1. The number of piperazine rings is 1. The lowest BCUT2D eigenvalue weighted by atomic mass is 9.91. The Morgan fingerprint density at radius 1 is 1.24 bits per heavy atom. The third-order valence-electron chi connectivity index (χ3n) is 5.13. The third-order valence-corrected chi connectivity index (χ3v) is 5.37. The van der Waals surface area contributed by atoms with Gasteiger partial charge in [-0.25, -0.2) is 4.79 Å². The highest BCUT2D eigenvalue weighted by Gasteiger charge is 2.36. The van der Waals surface area contributed by atoms with Gasteiger partial charge in [0.15, 0.2) is 0 Å². The van der Waals surface area contributed by atoms with E-state index < -0.39 is 11.6 Å². The second kappa shape index (κ2) is 8.29. The molecular weight excluding hydrogens is 386 g/mol. The van der Waals surface area contributed by atoms with E-state index in [0.717, 1.165) is 16.7 Å². The highest BCUT2D eigenvalue weighted by atomic mass is 35.5. The molecule has 0 spiro atoms. The summed E-state index contributed by atoms with van der Waals surface area (Å²) in [7, 11) is 0. The first-order chi connectivity index (χ1) is 13.7. The van der Waals surface area contributed by atoms with Crippen LogP contribution in [0.4, 0.5) is 4.79 Å². The lowest BCUT2D eigenvalue weighted by Crippen LogP contribution is -2.57. The fourth-order valence-electron chi connectivity index (χ4n) is 3.48. The Morgan fingerprint density at radius 3 is 2.66 bits per heavy atom. The normalized spacial score (nSPS) is 16.9. The van der Waals surface area contributed by atoms with Gasteiger partial charge in [-0.1, -0.05) is 54.1 Å². The van der Waals surface area contributed by atoms with E-state index in [-0.39, 0.29) is 11.9 Å². The number of halogens is 1. The molecule has 3 amide bonds. The monoisotopic (exact) mass is 411 g/mol. The summed E-state index contributed by atoms with van der Waals surface area (Å²) in [4.78, 5) is 27.4. The molecule has 1 unspecified atom stereocenters. The minimum absolute atomic E-state index is 0.212. The molecule has 152 valence electrons. The van der Waals surface area contributed by atoms with Gasteiger partial charge in [0.05, 0.1) is 5.54 Å². The lowest BCUT2D eigenvalue weighted by Gasteiger charge is -2.38. The van der Waals surface area contributed by atoms with Gasteiger partial charge in [-0.3, -0.25) is 4.79 Å². The molecule has 0 saturated carbocycles. The fraction of sp³-hybridized carbons (Fsp3) is 0.304. The Morgan fingerprint density at radius 2 is 1.97 bits per heavy atom. The Labute approximate surface area is 176 Å². The van der Waals surface area contributed by atoms with E-state index >= 15 is 0 Å². The van der Waals surface area contributed by atoms with Crippen LogP contribution in [0, 0.1) is 0 Å². The second-order valence-electron chi connectivity index (χ2n) is 7.86. The Bertz CT molecular complexity index is 955. The van der Waals surface area contributed by atoms with Gasteiger partial charge in [-0.05, 0) is 55.7 Å². The molecule has 1 aliphatic heterocycles.